The molecule has 1 aromatic heterocycles. The molecule has 0 atom stereocenters. The van der Waals surface area contributed by atoms with Gasteiger partial charge in [-0.1, -0.05) is 6.07 Å². The molecule has 20 heavy (non-hydrogen) atoms. The van der Waals surface area contributed by atoms with E-state index < -0.39 is 4.92 Å². The van der Waals surface area contributed by atoms with Gasteiger partial charge in [0, 0.05) is 42.7 Å². The highest BCUT2D eigenvalue weighted by atomic mass is 16.6. The van der Waals surface area contributed by atoms with Crippen LogP contribution >= 0.6 is 0 Å². The summed E-state index contributed by atoms with van der Waals surface area (Å²) in [7, 11) is 1.42. The van der Waals surface area contributed by atoms with Crippen LogP contribution in [0.5, 0.6) is 5.75 Å². The minimum Gasteiger partial charge on any atom is -0.490 e. The molecule has 2 aromatic rings. The second kappa shape index (κ2) is 6.51. The molecule has 0 bridgehead atoms. The SMILES string of the molecule is COc1cc(NCCc2ccccn2)ccc1[N+](=O)[O-]. The molecule has 0 amide bonds. The van der Waals surface area contributed by atoms with Crippen LogP contribution in [-0.4, -0.2) is 23.6 Å². The zero-order valence-corrected chi connectivity index (χ0v) is 11.1. The normalized spacial score (nSPS) is 10.1. The molecule has 0 aliphatic heterocycles. The van der Waals surface area contributed by atoms with Crippen LogP contribution in [0.1, 0.15) is 5.69 Å². The molecule has 2 rings (SSSR count). The molecule has 6 heteroatoms. The number of hydrogen-bond donors (Lipinski definition) is 1. The van der Waals surface area contributed by atoms with Crippen LogP contribution in [0.2, 0.25) is 0 Å². The fourth-order valence-corrected chi connectivity index (χ4v) is 1.82. The Morgan fingerprint density at radius 2 is 2.20 bits per heavy atom. The van der Waals surface area contributed by atoms with Crippen molar-refractivity contribution < 1.29 is 9.66 Å². The minimum absolute atomic E-state index is 0.0391. The van der Waals surface area contributed by atoms with Crippen LogP contribution in [0.15, 0.2) is 42.6 Å². The van der Waals surface area contributed by atoms with Gasteiger partial charge in [0.05, 0.1) is 12.0 Å². The molecule has 0 aliphatic rings. The Hall–Kier alpha value is -2.63. The molecule has 0 fully saturated rings. The number of rotatable bonds is 6. The lowest BCUT2D eigenvalue weighted by atomic mass is 10.2. The van der Waals surface area contributed by atoms with Gasteiger partial charge in [0.15, 0.2) is 5.75 Å². The molecular formula is C14H15N3O3. The highest BCUT2D eigenvalue weighted by Crippen LogP contribution is 2.29. The third-order valence-electron chi connectivity index (χ3n) is 2.81. The van der Waals surface area contributed by atoms with Gasteiger partial charge in [-0.3, -0.25) is 15.1 Å². The van der Waals surface area contributed by atoms with Crippen LogP contribution < -0.4 is 10.1 Å². The zero-order chi connectivity index (χ0) is 14.4. The molecule has 0 saturated heterocycles. The van der Waals surface area contributed by atoms with Gasteiger partial charge in [-0.25, -0.2) is 0 Å². The number of pyridine rings is 1. The number of benzene rings is 1. The van der Waals surface area contributed by atoms with E-state index >= 15 is 0 Å². The first kappa shape index (κ1) is 13.8. The Morgan fingerprint density at radius 1 is 1.35 bits per heavy atom. The lowest BCUT2D eigenvalue weighted by Crippen LogP contribution is -2.06. The van der Waals surface area contributed by atoms with Gasteiger partial charge < -0.3 is 10.1 Å². The van der Waals surface area contributed by atoms with Gasteiger partial charge in [0.1, 0.15) is 0 Å². The smallest absolute Gasteiger partial charge is 0.311 e. The Balaban J connectivity index is 1.98. The Labute approximate surface area is 116 Å². The second-order valence-corrected chi connectivity index (χ2v) is 4.14. The van der Waals surface area contributed by atoms with Crippen LogP contribution in [0, 0.1) is 10.1 Å². The number of anilines is 1. The van der Waals surface area contributed by atoms with Crippen LogP contribution in [0.3, 0.4) is 0 Å². The number of nitro groups is 1. The first-order valence-electron chi connectivity index (χ1n) is 6.17. The van der Waals surface area contributed by atoms with Crippen molar-refractivity contribution in [1.82, 2.24) is 4.98 Å². The van der Waals surface area contributed by atoms with Crippen LogP contribution in [0.4, 0.5) is 11.4 Å². The van der Waals surface area contributed by atoms with Gasteiger partial charge >= 0.3 is 5.69 Å². The predicted octanol–water partition coefficient (Wildman–Crippen LogP) is 2.65. The van der Waals surface area contributed by atoms with Crippen molar-refractivity contribution >= 4 is 11.4 Å². The molecule has 104 valence electrons. The van der Waals surface area contributed by atoms with Crippen molar-refractivity contribution in [2.75, 3.05) is 19.0 Å². The number of hydrogen-bond acceptors (Lipinski definition) is 5. The zero-order valence-electron chi connectivity index (χ0n) is 11.1. The van der Waals surface area contributed by atoms with E-state index in [1.807, 2.05) is 18.2 Å². The first-order chi connectivity index (χ1) is 9.70. The minimum atomic E-state index is -0.462. The summed E-state index contributed by atoms with van der Waals surface area (Å²) in [6.45, 7) is 0.692. The van der Waals surface area contributed by atoms with E-state index in [4.69, 9.17) is 4.74 Å². The Kier molecular flexibility index (Phi) is 4.49. The van der Waals surface area contributed by atoms with Gasteiger partial charge in [-0.2, -0.15) is 0 Å². The molecule has 0 radical (unpaired) electrons. The average molecular weight is 273 g/mol. The molecule has 0 saturated carbocycles. The van der Waals surface area contributed by atoms with Crippen molar-refractivity contribution in [3.63, 3.8) is 0 Å². The summed E-state index contributed by atoms with van der Waals surface area (Å²) in [6.07, 6.45) is 2.53. The van der Waals surface area contributed by atoms with Crippen molar-refractivity contribution in [3.8, 4) is 5.75 Å². The van der Waals surface area contributed by atoms with E-state index in [0.717, 1.165) is 17.8 Å². The van der Waals surface area contributed by atoms with Gasteiger partial charge in [-0.05, 0) is 18.2 Å². The number of nitro benzene ring substituents is 1. The van der Waals surface area contributed by atoms with Crippen LogP contribution in [-0.2, 0) is 6.42 Å². The Morgan fingerprint density at radius 3 is 2.85 bits per heavy atom. The highest BCUT2D eigenvalue weighted by molar-refractivity contribution is 5.57. The maximum Gasteiger partial charge on any atom is 0.311 e. The summed E-state index contributed by atoms with van der Waals surface area (Å²) in [6, 6.07) is 10.5. The summed E-state index contributed by atoms with van der Waals surface area (Å²) in [5, 5.41) is 14.0. The van der Waals surface area contributed by atoms with Crippen molar-refractivity contribution in [2.45, 2.75) is 6.42 Å². The molecule has 6 nitrogen and oxygen atoms in total. The Bertz CT molecular complexity index is 587. The highest BCUT2D eigenvalue weighted by Gasteiger charge is 2.14. The molecule has 1 aromatic carbocycles. The third kappa shape index (κ3) is 3.44. The fourth-order valence-electron chi connectivity index (χ4n) is 1.82. The molecule has 0 aliphatic carbocycles. The fraction of sp³-hybridized carbons (Fsp3) is 0.214. The summed E-state index contributed by atoms with van der Waals surface area (Å²) in [4.78, 5) is 14.6. The monoisotopic (exact) mass is 273 g/mol. The van der Waals surface area contributed by atoms with Crippen molar-refractivity contribution in [2.24, 2.45) is 0 Å². The molecule has 0 unspecified atom stereocenters. The number of methoxy groups -OCH3 is 1. The topological polar surface area (TPSA) is 77.3 Å². The number of nitrogens with zero attached hydrogens (tertiary/aromatic N) is 2. The maximum absolute atomic E-state index is 10.8. The summed E-state index contributed by atoms with van der Waals surface area (Å²) in [5.41, 5.74) is 1.74. The van der Waals surface area contributed by atoms with E-state index in [2.05, 4.69) is 10.3 Å². The summed E-state index contributed by atoms with van der Waals surface area (Å²) >= 11 is 0. The van der Waals surface area contributed by atoms with Gasteiger partial charge in [0.2, 0.25) is 0 Å². The average Bonchev–Trinajstić information content (AvgIpc) is 2.48. The maximum atomic E-state index is 10.8. The second-order valence-electron chi connectivity index (χ2n) is 4.14. The van der Waals surface area contributed by atoms with E-state index in [9.17, 15) is 10.1 Å². The lowest BCUT2D eigenvalue weighted by molar-refractivity contribution is -0.385. The van der Waals surface area contributed by atoms with E-state index in [-0.39, 0.29) is 11.4 Å². The van der Waals surface area contributed by atoms with E-state index in [1.54, 1.807) is 18.3 Å². The van der Waals surface area contributed by atoms with Crippen molar-refractivity contribution in [1.29, 1.82) is 0 Å². The van der Waals surface area contributed by atoms with E-state index in [0.29, 0.717) is 6.54 Å². The predicted molar refractivity (Wildman–Crippen MR) is 76.1 cm³/mol. The van der Waals surface area contributed by atoms with Gasteiger partial charge in [0.25, 0.3) is 0 Å². The lowest BCUT2D eigenvalue weighted by Gasteiger charge is -2.08. The number of ether oxygens (including phenoxy) is 1. The van der Waals surface area contributed by atoms with Crippen LogP contribution in [0.25, 0.3) is 0 Å². The summed E-state index contributed by atoms with van der Waals surface area (Å²) in [5.74, 6) is 0.248. The largest absolute Gasteiger partial charge is 0.490 e. The standard InChI is InChI=1S/C14H15N3O3/c1-20-14-10-12(5-6-13(14)17(18)19)16-9-7-11-4-2-3-8-15-11/h2-6,8,10,16H,7,9H2,1H3. The van der Waals surface area contributed by atoms with Gasteiger partial charge in [-0.15, -0.1) is 0 Å². The first-order valence-corrected chi connectivity index (χ1v) is 6.17. The molecule has 1 N–H and O–H groups in total. The summed E-state index contributed by atoms with van der Waals surface area (Å²) < 4.78 is 5.02. The number of nitrogens with one attached hydrogen (secondary N) is 1. The molecule has 0 spiro atoms. The molecular weight excluding hydrogens is 258 g/mol. The van der Waals surface area contributed by atoms with E-state index in [1.165, 1.54) is 13.2 Å². The molecule has 1 heterocycles. The quantitative estimate of drug-likeness (QED) is 0.646. The van der Waals surface area contributed by atoms with Crippen molar-refractivity contribution in [3.05, 3.63) is 58.4 Å². The third-order valence-corrected chi connectivity index (χ3v) is 2.81. The number of aromatic nitrogens is 1.